The number of nitrogens with zero attached hydrogens (tertiary/aromatic N) is 3. The number of carbonyl (C=O) groups excluding carboxylic acids is 1. The highest BCUT2D eigenvalue weighted by molar-refractivity contribution is 7.92. The number of aryl methyl sites for hydroxylation is 1. The van der Waals surface area contributed by atoms with Crippen molar-refractivity contribution in [2.45, 2.75) is 96.0 Å². The highest BCUT2D eigenvalue weighted by Crippen LogP contribution is 2.41. The Morgan fingerprint density at radius 3 is 2.50 bits per heavy atom. The van der Waals surface area contributed by atoms with Gasteiger partial charge in [-0.3, -0.25) is 14.7 Å². The molecule has 0 atom stereocenters. The number of sulfonamides is 1. The third-order valence-corrected chi connectivity index (χ3v) is 9.57. The molecule has 1 aliphatic heterocycles. The Morgan fingerprint density at radius 2 is 1.81 bits per heavy atom. The van der Waals surface area contributed by atoms with Crippen LogP contribution in [0.2, 0.25) is 0 Å². The van der Waals surface area contributed by atoms with E-state index in [0.29, 0.717) is 41.3 Å². The maximum absolute atomic E-state index is 13.7. The first-order valence-corrected chi connectivity index (χ1v) is 16.4. The normalized spacial score (nSPS) is 16.3. The average Bonchev–Trinajstić information content (AvgIpc) is 3.66. The summed E-state index contributed by atoms with van der Waals surface area (Å²) in [4.78, 5) is 20.6. The second-order valence-electron chi connectivity index (χ2n) is 11.3. The second kappa shape index (κ2) is 12.3. The van der Waals surface area contributed by atoms with Crippen molar-refractivity contribution in [3.05, 3.63) is 59.3 Å². The van der Waals surface area contributed by atoms with Gasteiger partial charge in [0.1, 0.15) is 17.1 Å². The molecule has 1 fully saturated rings. The van der Waals surface area contributed by atoms with Crippen LogP contribution in [0.3, 0.4) is 0 Å². The summed E-state index contributed by atoms with van der Waals surface area (Å²) in [6, 6.07) is 12.6. The number of aromatic nitrogens is 1. The van der Waals surface area contributed by atoms with Crippen molar-refractivity contribution in [2.24, 2.45) is 4.99 Å². The third-order valence-electron chi connectivity index (χ3n) is 8.18. The van der Waals surface area contributed by atoms with Gasteiger partial charge in [-0.15, -0.1) is 0 Å². The molecule has 1 N–H and O–H groups in total. The molecule has 0 bridgehead atoms. The SMILES string of the molecule is CCCCC1=NC2(CCCC2)C(=O)N1Cc1ccc(-c2ccccc2S(=O)(=O)Nc2onc(C)c2C)c(OCCC)c1. The maximum Gasteiger partial charge on any atom is 0.264 e. The summed E-state index contributed by atoms with van der Waals surface area (Å²) in [7, 11) is -4.01. The topological polar surface area (TPSA) is 114 Å². The summed E-state index contributed by atoms with van der Waals surface area (Å²) in [5.41, 5.74) is 2.71. The number of benzene rings is 2. The van der Waals surface area contributed by atoms with E-state index in [4.69, 9.17) is 14.3 Å². The fraction of sp³-hybridized carbons (Fsp3) is 0.469. The van der Waals surface area contributed by atoms with Crippen molar-refractivity contribution in [1.29, 1.82) is 0 Å². The zero-order chi connectivity index (χ0) is 29.9. The molecule has 2 aliphatic rings. The number of ether oxygens (including phenoxy) is 1. The van der Waals surface area contributed by atoms with Gasteiger partial charge in [-0.1, -0.05) is 68.6 Å². The van der Waals surface area contributed by atoms with Crippen LogP contribution in [-0.2, 0) is 21.4 Å². The minimum Gasteiger partial charge on any atom is -0.493 e. The van der Waals surface area contributed by atoms with Crippen molar-refractivity contribution in [3.63, 3.8) is 0 Å². The summed E-state index contributed by atoms with van der Waals surface area (Å²) >= 11 is 0. The average molecular weight is 593 g/mol. The van der Waals surface area contributed by atoms with Gasteiger partial charge in [0.2, 0.25) is 5.88 Å². The molecule has 1 spiro atoms. The molecule has 42 heavy (non-hydrogen) atoms. The predicted molar refractivity (Wildman–Crippen MR) is 163 cm³/mol. The van der Waals surface area contributed by atoms with Gasteiger partial charge in [0.25, 0.3) is 15.9 Å². The number of amidine groups is 1. The lowest BCUT2D eigenvalue weighted by atomic mass is 9.98. The van der Waals surface area contributed by atoms with E-state index in [1.807, 2.05) is 30.0 Å². The zero-order valence-corrected chi connectivity index (χ0v) is 25.7. The van der Waals surface area contributed by atoms with Crippen LogP contribution in [0.25, 0.3) is 11.1 Å². The number of aliphatic imine (C=N–C) groups is 1. The first-order valence-electron chi connectivity index (χ1n) is 14.9. The van der Waals surface area contributed by atoms with Crippen molar-refractivity contribution < 1.29 is 22.5 Å². The monoisotopic (exact) mass is 592 g/mol. The van der Waals surface area contributed by atoms with Crippen LogP contribution in [-0.4, -0.2) is 42.4 Å². The summed E-state index contributed by atoms with van der Waals surface area (Å²) in [5.74, 6) is 1.64. The molecule has 10 heteroatoms. The van der Waals surface area contributed by atoms with E-state index in [0.717, 1.165) is 62.8 Å². The molecule has 1 saturated carbocycles. The number of hydrogen-bond acceptors (Lipinski definition) is 7. The molecule has 0 radical (unpaired) electrons. The highest BCUT2D eigenvalue weighted by Gasteiger charge is 2.49. The second-order valence-corrected chi connectivity index (χ2v) is 12.9. The van der Waals surface area contributed by atoms with Gasteiger partial charge in [-0.25, -0.2) is 13.1 Å². The molecular formula is C32H40N4O5S. The smallest absolute Gasteiger partial charge is 0.264 e. The van der Waals surface area contributed by atoms with Gasteiger partial charge >= 0.3 is 0 Å². The fourth-order valence-corrected chi connectivity index (χ4v) is 6.98. The molecule has 0 saturated heterocycles. The third kappa shape index (κ3) is 5.82. The van der Waals surface area contributed by atoms with Crippen LogP contribution in [0, 0.1) is 13.8 Å². The van der Waals surface area contributed by atoms with Crippen molar-refractivity contribution >= 4 is 27.7 Å². The lowest BCUT2D eigenvalue weighted by Gasteiger charge is -2.23. The molecule has 5 rings (SSSR count). The van der Waals surface area contributed by atoms with E-state index in [9.17, 15) is 13.2 Å². The molecule has 1 amide bonds. The van der Waals surface area contributed by atoms with Crippen LogP contribution in [0.5, 0.6) is 5.75 Å². The van der Waals surface area contributed by atoms with E-state index in [2.05, 4.69) is 16.8 Å². The fourth-order valence-electron chi connectivity index (χ4n) is 5.71. The number of rotatable bonds is 12. The van der Waals surface area contributed by atoms with Crippen LogP contribution < -0.4 is 9.46 Å². The molecule has 2 aromatic carbocycles. The van der Waals surface area contributed by atoms with E-state index >= 15 is 0 Å². The number of nitrogens with one attached hydrogen (secondary N) is 1. The van der Waals surface area contributed by atoms with Gasteiger partial charge in [0, 0.05) is 23.1 Å². The zero-order valence-electron chi connectivity index (χ0n) is 24.9. The summed E-state index contributed by atoms with van der Waals surface area (Å²) in [6.45, 7) is 8.54. The first-order chi connectivity index (χ1) is 20.2. The molecule has 9 nitrogen and oxygen atoms in total. The minimum absolute atomic E-state index is 0.0935. The lowest BCUT2D eigenvalue weighted by molar-refractivity contribution is -0.131. The Bertz CT molecular complexity index is 1590. The van der Waals surface area contributed by atoms with E-state index in [1.54, 1.807) is 38.1 Å². The number of amides is 1. The van der Waals surface area contributed by atoms with E-state index in [-0.39, 0.29) is 16.7 Å². The molecule has 1 aromatic heterocycles. The lowest BCUT2D eigenvalue weighted by Crippen LogP contribution is -2.40. The van der Waals surface area contributed by atoms with Crippen molar-refractivity contribution in [1.82, 2.24) is 10.1 Å². The first kappa shape index (κ1) is 29.8. The van der Waals surface area contributed by atoms with Crippen LogP contribution >= 0.6 is 0 Å². The molecule has 2 heterocycles. The van der Waals surface area contributed by atoms with Crippen molar-refractivity contribution in [3.8, 4) is 16.9 Å². The summed E-state index contributed by atoms with van der Waals surface area (Å²) in [6.07, 6.45) is 7.27. The van der Waals surface area contributed by atoms with Crippen LogP contribution in [0.4, 0.5) is 5.88 Å². The molecular weight excluding hydrogens is 552 g/mol. The standard InChI is InChI=1S/C32H40N4O5S/c1-5-7-14-29-33-32(17-10-11-18-32)31(37)36(29)21-24-15-16-25(27(20-24)40-19-6-2)26-12-8-9-13-28(26)42(38,39)35-30-22(3)23(4)34-41-30/h8-9,12-13,15-16,20,35H,5-7,10-11,14,17-19,21H2,1-4H3. The molecule has 1 aliphatic carbocycles. The van der Waals surface area contributed by atoms with Gasteiger partial charge in [-0.05, 0) is 57.2 Å². The molecule has 3 aromatic rings. The Kier molecular flexibility index (Phi) is 8.73. The highest BCUT2D eigenvalue weighted by atomic mass is 32.2. The number of unbranched alkanes of at least 4 members (excludes halogenated alkanes) is 1. The summed E-state index contributed by atoms with van der Waals surface area (Å²) < 4.78 is 41.1. The molecule has 0 unspecified atom stereocenters. The van der Waals surface area contributed by atoms with Gasteiger partial charge in [-0.2, -0.15) is 0 Å². The van der Waals surface area contributed by atoms with Gasteiger partial charge in [0.05, 0.1) is 23.7 Å². The quantitative estimate of drug-likeness (QED) is 0.248. The van der Waals surface area contributed by atoms with Crippen molar-refractivity contribution in [2.75, 3.05) is 11.3 Å². The Labute approximate surface area is 248 Å². The van der Waals surface area contributed by atoms with E-state index < -0.39 is 15.6 Å². The number of anilines is 1. The predicted octanol–water partition coefficient (Wildman–Crippen LogP) is 6.79. The Balaban J connectivity index is 1.49. The Hall–Kier alpha value is -3.66. The minimum atomic E-state index is -4.01. The number of carbonyl (C=O) groups is 1. The largest absolute Gasteiger partial charge is 0.493 e. The maximum atomic E-state index is 13.7. The van der Waals surface area contributed by atoms with Crippen LogP contribution in [0.15, 0.2) is 56.9 Å². The van der Waals surface area contributed by atoms with Crippen LogP contribution in [0.1, 0.15) is 82.0 Å². The Morgan fingerprint density at radius 1 is 1.05 bits per heavy atom. The number of hydrogen-bond donors (Lipinski definition) is 1. The molecule has 224 valence electrons. The van der Waals surface area contributed by atoms with Gasteiger partial charge < -0.3 is 9.26 Å². The summed E-state index contributed by atoms with van der Waals surface area (Å²) in [5, 5.41) is 3.87. The van der Waals surface area contributed by atoms with E-state index in [1.165, 1.54) is 0 Å². The van der Waals surface area contributed by atoms with Gasteiger partial charge in [0.15, 0.2) is 0 Å².